The summed E-state index contributed by atoms with van der Waals surface area (Å²) in [6.45, 7) is 7.08. The summed E-state index contributed by atoms with van der Waals surface area (Å²) < 4.78 is 0. The predicted molar refractivity (Wildman–Crippen MR) is 38.8 cm³/mol. The highest BCUT2D eigenvalue weighted by Crippen LogP contribution is 1.85. The highest BCUT2D eigenvalue weighted by atomic mass is 16.4. The van der Waals surface area contributed by atoms with Crippen LogP contribution in [0.25, 0.3) is 0 Å². The summed E-state index contributed by atoms with van der Waals surface area (Å²) in [7, 11) is 0. The van der Waals surface area contributed by atoms with Gasteiger partial charge in [0, 0.05) is 6.54 Å². The highest BCUT2D eigenvalue weighted by Gasteiger charge is 2.11. The zero-order valence-corrected chi connectivity index (χ0v) is 5.66. The minimum absolute atomic E-state index is 0.350. The number of carbonyl (C=O) groups is 1. The van der Waals surface area contributed by atoms with Crippen LogP contribution in [0.2, 0.25) is 0 Å². The minimum Gasteiger partial charge on any atom is -0.480 e. The third-order valence-electron chi connectivity index (χ3n) is 0.907. The number of hydrogen-bond acceptors (Lipinski definition) is 1. The highest BCUT2D eigenvalue weighted by molar-refractivity contribution is 5.75. The second-order valence-corrected chi connectivity index (χ2v) is 1.67. The molecule has 3 nitrogen and oxygen atoms in total. The Bertz CT molecular complexity index is 143. The molecule has 0 spiro atoms. The number of aliphatic carboxylic acids is 1. The summed E-state index contributed by atoms with van der Waals surface area (Å²) in [5, 5.41) is 12.1. The molecule has 0 rings (SSSR count). The maximum absolute atomic E-state index is 10.2. The number of nitrogens with zero attached hydrogens (tertiary/aromatic N) is 1. The van der Waals surface area contributed by atoms with Gasteiger partial charge in [-0.3, -0.25) is 4.79 Å². The van der Waals surface area contributed by atoms with Crippen LogP contribution in [0.5, 0.6) is 0 Å². The molecule has 0 saturated heterocycles. The Morgan fingerprint density at radius 1 is 1.70 bits per heavy atom. The first-order valence-electron chi connectivity index (χ1n) is 2.85. The first-order chi connectivity index (χ1) is 4.72. The van der Waals surface area contributed by atoms with Crippen LogP contribution in [0.4, 0.5) is 0 Å². The summed E-state index contributed by atoms with van der Waals surface area (Å²) in [6.07, 6.45) is 2.82. The molecule has 0 aliphatic carbocycles. The van der Waals surface area contributed by atoms with Crippen LogP contribution in [0.15, 0.2) is 25.3 Å². The smallest absolute Gasteiger partial charge is 0.326 e. The van der Waals surface area contributed by atoms with Crippen molar-refractivity contribution in [3.8, 4) is 0 Å². The fourth-order valence-electron chi connectivity index (χ4n) is 0.442. The summed E-state index contributed by atoms with van der Waals surface area (Å²) in [5.74, 6) is -0.975. The van der Waals surface area contributed by atoms with Crippen molar-refractivity contribution in [2.75, 3.05) is 6.54 Å². The molecule has 0 aromatic carbocycles. The molecule has 0 aromatic rings. The van der Waals surface area contributed by atoms with E-state index in [9.17, 15) is 4.79 Å². The Labute approximate surface area is 60.1 Å². The Kier molecular flexibility index (Phi) is 4.24. The van der Waals surface area contributed by atoms with Crippen molar-refractivity contribution in [1.82, 2.24) is 5.32 Å². The summed E-state index contributed by atoms with van der Waals surface area (Å²) in [6, 6.07) is -0.794. The van der Waals surface area contributed by atoms with Crippen molar-refractivity contribution in [1.29, 1.82) is 0 Å². The SMILES string of the molecule is C=CC[N]C(C=C)C(=O)O. The molecule has 3 heteroatoms. The Balaban J connectivity index is 3.71. The van der Waals surface area contributed by atoms with Gasteiger partial charge >= 0.3 is 5.97 Å². The van der Waals surface area contributed by atoms with Gasteiger partial charge in [0.2, 0.25) is 0 Å². The monoisotopic (exact) mass is 140 g/mol. The maximum atomic E-state index is 10.2. The van der Waals surface area contributed by atoms with Gasteiger partial charge in [0.05, 0.1) is 0 Å². The number of carboxylic acid groups (broad SMARTS) is 1. The quantitative estimate of drug-likeness (QED) is 0.562. The van der Waals surface area contributed by atoms with Crippen LogP contribution >= 0.6 is 0 Å². The molecule has 1 unspecified atom stereocenters. The summed E-state index contributed by atoms with van der Waals surface area (Å²) in [5.41, 5.74) is 0. The van der Waals surface area contributed by atoms with E-state index in [4.69, 9.17) is 5.11 Å². The van der Waals surface area contributed by atoms with Crippen molar-refractivity contribution < 1.29 is 9.90 Å². The second-order valence-electron chi connectivity index (χ2n) is 1.67. The topological polar surface area (TPSA) is 51.4 Å². The molecule has 0 amide bonds. The maximum Gasteiger partial charge on any atom is 0.326 e. The van der Waals surface area contributed by atoms with Crippen molar-refractivity contribution in [3.63, 3.8) is 0 Å². The fourth-order valence-corrected chi connectivity index (χ4v) is 0.442. The lowest BCUT2D eigenvalue weighted by Gasteiger charge is -2.03. The van der Waals surface area contributed by atoms with Crippen LogP contribution < -0.4 is 5.32 Å². The van der Waals surface area contributed by atoms with Gasteiger partial charge in [-0.05, 0) is 0 Å². The van der Waals surface area contributed by atoms with Gasteiger partial charge in [0.25, 0.3) is 0 Å². The first kappa shape index (κ1) is 8.91. The van der Waals surface area contributed by atoms with E-state index in [1.165, 1.54) is 6.08 Å². The van der Waals surface area contributed by atoms with Crippen molar-refractivity contribution >= 4 is 5.97 Å². The van der Waals surface area contributed by atoms with Crippen molar-refractivity contribution in [2.45, 2.75) is 6.04 Å². The van der Waals surface area contributed by atoms with Gasteiger partial charge in [-0.15, -0.1) is 13.2 Å². The molecule has 0 saturated carbocycles. The average molecular weight is 140 g/mol. The van der Waals surface area contributed by atoms with Gasteiger partial charge in [0.15, 0.2) is 0 Å². The van der Waals surface area contributed by atoms with E-state index in [0.29, 0.717) is 6.54 Å². The number of hydrogen-bond donors (Lipinski definition) is 1. The average Bonchev–Trinajstić information content (AvgIpc) is 1.89. The molecule has 1 radical (unpaired) electrons. The van der Waals surface area contributed by atoms with E-state index in [1.807, 2.05) is 0 Å². The molecule has 55 valence electrons. The van der Waals surface area contributed by atoms with E-state index >= 15 is 0 Å². The zero-order valence-electron chi connectivity index (χ0n) is 5.66. The third-order valence-corrected chi connectivity index (χ3v) is 0.907. The van der Waals surface area contributed by atoms with Gasteiger partial charge < -0.3 is 5.11 Å². The number of rotatable bonds is 5. The van der Waals surface area contributed by atoms with E-state index in [-0.39, 0.29) is 0 Å². The van der Waals surface area contributed by atoms with Crippen LogP contribution in [0.1, 0.15) is 0 Å². The van der Waals surface area contributed by atoms with Gasteiger partial charge in [0.1, 0.15) is 6.04 Å². The predicted octanol–water partition coefficient (Wildman–Crippen LogP) is 0.416. The standard InChI is InChI=1S/C7H10NO2/c1-3-5-8-6(4-2)7(9)10/h3-4,6H,1-2,5H2,(H,9,10). The van der Waals surface area contributed by atoms with E-state index < -0.39 is 12.0 Å². The van der Waals surface area contributed by atoms with Gasteiger partial charge in [-0.2, -0.15) is 0 Å². The molecule has 1 atom stereocenters. The van der Waals surface area contributed by atoms with Crippen LogP contribution in [-0.4, -0.2) is 23.7 Å². The van der Waals surface area contributed by atoms with Crippen LogP contribution in [-0.2, 0) is 4.79 Å². The Morgan fingerprint density at radius 2 is 2.30 bits per heavy atom. The Hall–Kier alpha value is -1.09. The summed E-state index contributed by atoms with van der Waals surface area (Å²) in [4.78, 5) is 10.2. The molecule has 0 heterocycles. The van der Waals surface area contributed by atoms with Crippen molar-refractivity contribution in [2.24, 2.45) is 0 Å². The Morgan fingerprint density at radius 3 is 2.60 bits per heavy atom. The molecule has 0 aromatic heterocycles. The molecule has 0 fully saturated rings. The summed E-state index contributed by atoms with van der Waals surface area (Å²) >= 11 is 0. The van der Waals surface area contributed by atoms with Crippen LogP contribution in [0, 0.1) is 0 Å². The van der Waals surface area contributed by atoms with Gasteiger partial charge in [-0.25, -0.2) is 5.32 Å². The third kappa shape index (κ3) is 3.04. The lowest BCUT2D eigenvalue weighted by molar-refractivity contribution is -0.138. The van der Waals surface area contributed by atoms with Crippen molar-refractivity contribution in [3.05, 3.63) is 25.3 Å². The van der Waals surface area contributed by atoms with Crippen LogP contribution in [0.3, 0.4) is 0 Å². The molecule has 10 heavy (non-hydrogen) atoms. The second kappa shape index (κ2) is 4.76. The normalized spacial score (nSPS) is 12.0. The molecule has 0 aliphatic heterocycles. The fraction of sp³-hybridized carbons (Fsp3) is 0.286. The first-order valence-corrected chi connectivity index (χ1v) is 2.85. The molecule has 1 N–H and O–H groups in total. The largest absolute Gasteiger partial charge is 0.480 e. The lowest BCUT2D eigenvalue weighted by atomic mass is 10.3. The van der Waals surface area contributed by atoms with E-state index in [2.05, 4.69) is 18.5 Å². The molecular weight excluding hydrogens is 130 g/mol. The number of carboxylic acids is 1. The zero-order chi connectivity index (χ0) is 7.98. The van der Waals surface area contributed by atoms with E-state index in [0.717, 1.165) is 0 Å². The lowest BCUT2D eigenvalue weighted by Crippen LogP contribution is -2.28. The molecule has 0 aliphatic rings. The molecule has 0 bridgehead atoms. The van der Waals surface area contributed by atoms with Gasteiger partial charge in [-0.1, -0.05) is 12.2 Å². The minimum atomic E-state index is -0.975. The van der Waals surface area contributed by atoms with E-state index in [1.54, 1.807) is 6.08 Å². The molecular formula is C7H10NO2.